The molecule has 1 aromatic carbocycles. The van der Waals surface area contributed by atoms with Gasteiger partial charge >= 0.3 is 6.01 Å². The van der Waals surface area contributed by atoms with Crippen molar-refractivity contribution >= 4 is 45.6 Å². The van der Waals surface area contributed by atoms with Crippen molar-refractivity contribution in [1.29, 1.82) is 0 Å². The molecular weight excluding hydrogens is 444 g/mol. The van der Waals surface area contributed by atoms with Gasteiger partial charge < -0.3 is 9.73 Å². The van der Waals surface area contributed by atoms with Crippen LogP contribution in [0.4, 0.5) is 11.1 Å². The molecule has 0 bridgehead atoms. The van der Waals surface area contributed by atoms with Crippen molar-refractivity contribution in [2.45, 2.75) is 32.6 Å². The number of benzene rings is 1. The van der Waals surface area contributed by atoms with Crippen LogP contribution in [0.25, 0.3) is 0 Å². The van der Waals surface area contributed by atoms with Gasteiger partial charge in [0.15, 0.2) is 5.13 Å². The van der Waals surface area contributed by atoms with Crippen LogP contribution in [0.5, 0.6) is 0 Å². The third kappa shape index (κ3) is 7.75. The summed E-state index contributed by atoms with van der Waals surface area (Å²) in [7, 11) is 0. The number of amides is 2. The summed E-state index contributed by atoms with van der Waals surface area (Å²) in [5.74, 6) is 0.312. The Morgan fingerprint density at radius 1 is 1.00 bits per heavy atom. The van der Waals surface area contributed by atoms with Crippen molar-refractivity contribution in [1.82, 2.24) is 9.97 Å². The molecule has 4 rings (SSSR count). The van der Waals surface area contributed by atoms with Gasteiger partial charge in [-0.1, -0.05) is 44.2 Å². The van der Waals surface area contributed by atoms with Gasteiger partial charge in [0.25, 0.3) is 0 Å². The number of hydrogen-bond acceptors (Lipinski definition) is 7. The van der Waals surface area contributed by atoms with Crippen LogP contribution >= 0.6 is 22.7 Å². The maximum atomic E-state index is 11.7. The first-order valence-electron chi connectivity index (χ1n) is 9.99. The Kier molecular flexibility index (Phi) is 8.70. The molecule has 2 amide bonds. The summed E-state index contributed by atoms with van der Waals surface area (Å²) in [6.07, 6.45) is 5.47. The molecule has 32 heavy (non-hydrogen) atoms. The van der Waals surface area contributed by atoms with Crippen molar-refractivity contribution in [2.75, 3.05) is 10.6 Å². The molecule has 0 aliphatic heterocycles. The summed E-state index contributed by atoms with van der Waals surface area (Å²) >= 11 is 3.14. The molecule has 0 aliphatic rings. The number of aromatic nitrogens is 2. The number of rotatable bonds is 7. The normalized spacial score (nSPS) is 10.3. The zero-order valence-corrected chi connectivity index (χ0v) is 19.4. The molecule has 166 valence electrons. The quantitative estimate of drug-likeness (QED) is 0.380. The predicted molar refractivity (Wildman–Crippen MR) is 128 cm³/mol. The second kappa shape index (κ2) is 11.9. The highest BCUT2D eigenvalue weighted by Crippen LogP contribution is 2.25. The predicted octanol–water partition coefficient (Wildman–Crippen LogP) is 5.37. The first-order chi connectivity index (χ1) is 15.5. The van der Waals surface area contributed by atoms with E-state index in [1.165, 1.54) is 17.3 Å². The second-order valence-corrected chi connectivity index (χ2v) is 8.97. The number of carbonyl (C=O) groups is 2. The van der Waals surface area contributed by atoms with Crippen LogP contribution in [0.1, 0.15) is 35.8 Å². The molecular formula is C23H24N4O3S2. The SMILES string of the molecule is CC(C)c1cnc(NC(=O)Cc2ccsc2)s1.O=C(Cc1ccccc1)Nc1ncco1. The Labute approximate surface area is 194 Å². The number of thiophene rings is 1. The van der Waals surface area contributed by atoms with E-state index in [9.17, 15) is 9.59 Å². The summed E-state index contributed by atoms with van der Waals surface area (Å²) in [6.45, 7) is 4.23. The first kappa shape index (κ1) is 23.4. The summed E-state index contributed by atoms with van der Waals surface area (Å²) in [5, 5.41) is 10.0. The lowest BCUT2D eigenvalue weighted by Gasteiger charge is -2.00. The van der Waals surface area contributed by atoms with Gasteiger partial charge in [0.05, 0.1) is 19.0 Å². The van der Waals surface area contributed by atoms with E-state index in [1.54, 1.807) is 22.7 Å². The largest absolute Gasteiger partial charge is 0.432 e. The van der Waals surface area contributed by atoms with Gasteiger partial charge in [0, 0.05) is 11.1 Å². The summed E-state index contributed by atoms with van der Waals surface area (Å²) in [5.41, 5.74) is 2.01. The van der Waals surface area contributed by atoms with Crippen molar-refractivity contribution in [2.24, 2.45) is 0 Å². The molecule has 0 spiro atoms. The van der Waals surface area contributed by atoms with Gasteiger partial charge in [-0.05, 0) is 33.9 Å². The third-order valence-electron chi connectivity index (χ3n) is 4.17. The van der Waals surface area contributed by atoms with Crippen molar-refractivity contribution in [3.05, 3.63) is 81.8 Å². The molecule has 4 aromatic rings. The number of hydrogen-bond donors (Lipinski definition) is 2. The molecule has 0 aliphatic carbocycles. The zero-order chi connectivity index (χ0) is 22.8. The van der Waals surface area contributed by atoms with E-state index in [2.05, 4.69) is 34.4 Å². The molecule has 0 radical (unpaired) electrons. The van der Waals surface area contributed by atoms with Gasteiger partial charge in [-0.2, -0.15) is 11.3 Å². The molecule has 0 unspecified atom stereocenters. The first-order valence-corrected chi connectivity index (χ1v) is 11.8. The molecule has 0 saturated carbocycles. The highest BCUT2D eigenvalue weighted by atomic mass is 32.1. The lowest BCUT2D eigenvalue weighted by molar-refractivity contribution is -0.116. The molecule has 2 N–H and O–H groups in total. The van der Waals surface area contributed by atoms with Gasteiger partial charge in [-0.25, -0.2) is 9.97 Å². The topological polar surface area (TPSA) is 97.1 Å². The Hall–Kier alpha value is -3.30. The van der Waals surface area contributed by atoms with Gasteiger partial charge in [0.1, 0.15) is 6.26 Å². The number of nitrogens with zero attached hydrogens (tertiary/aromatic N) is 2. The van der Waals surface area contributed by atoms with Crippen LogP contribution in [0, 0.1) is 0 Å². The number of carbonyl (C=O) groups excluding carboxylic acids is 2. The average molecular weight is 469 g/mol. The monoisotopic (exact) mass is 468 g/mol. The maximum absolute atomic E-state index is 11.7. The van der Waals surface area contributed by atoms with Crippen LogP contribution in [0.15, 0.2) is 70.2 Å². The number of thiazole rings is 1. The Bertz CT molecular complexity index is 1090. The molecule has 3 aromatic heterocycles. The van der Waals surface area contributed by atoms with Gasteiger partial charge in [-0.3, -0.25) is 14.9 Å². The molecule has 0 atom stereocenters. The van der Waals surface area contributed by atoms with E-state index in [0.29, 0.717) is 23.9 Å². The molecule has 0 saturated heterocycles. The Morgan fingerprint density at radius 2 is 1.75 bits per heavy atom. The number of anilines is 2. The maximum Gasteiger partial charge on any atom is 0.301 e. The summed E-state index contributed by atoms with van der Waals surface area (Å²) < 4.78 is 4.90. The molecule has 3 heterocycles. The Balaban J connectivity index is 0.000000182. The lowest BCUT2D eigenvalue weighted by atomic mass is 10.1. The summed E-state index contributed by atoms with van der Waals surface area (Å²) in [6, 6.07) is 11.7. The van der Waals surface area contributed by atoms with E-state index in [0.717, 1.165) is 11.1 Å². The highest BCUT2D eigenvalue weighted by Gasteiger charge is 2.09. The molecule has 9 heteroatoms. The van der Waals surface area contributed by atoms with Crippen LogP contribution in [-0.2, 0) is 22.4 Å². The van der Waals surface area contributed by atoms with Crippen LogP contribution in [0.2, 0.25) is 0 Å². The van der Waals surface area contributed by atoms with Crippen LogP contribution < -0.4 is 10.6 Å². The smallest absolute Gasteiger partial charge is 0.301 e. The second-order valence-electron chi connectivity index (χ2n) is 7.13. The van der Waals surface area contributed by atoms with E-state index in [1.807, 2.05) is 53.4 Å². The Morgan fingerprint density at radius 3 is 2.38 bits per heavy atom. The minimum absolute atomic E-state index is 0.00643. The fourth-order valence-corrected chi connectivity index (χ4v) is 4.09. The minimum atomic E-state index is -0.136. The van der Waals surface area contributed by atoms with Gasteiger partial charge in [-0.15, -0.1) is 11.3 Å². The number of nitrogens with one attached hydrogen (secondary N) is 2. The van der Waals surface area contributed by atoms with Crippen molar-refractivity contribution in [3.8, 4) is 0 Å². The van der Waals surface area contributed by atoms with Gasteiger partial charge in [0.2, 0.25) is 11.8 Å². The van der Waals surface area contributed by atoms with Crippen molar-refractivity contribution < 1.29 is 14.0 Å². The molecule has 7 nitrogen and oxygen atoms in total. The average Bonchev–Trinajstić information content (AvgIpc) is 3.52. The number of oxazole rings is 1. The fourth-order valence-electron chi connectivity index (χ4n) is 2.58. The van der Waals surface area contributed by atoms with E-state index >= 15 is 0 Å². The lowest BCUT2D eigenvalue weighted by Crippen LogP contribution is -2.14. The van der Waals surface area contributed by atoms with Crippen LogP contribution in [0.3, 0.4) is 0 Å². The van der Waals surface area contributed by atoms with E-state index < -0.39 is 0 Å². The zero-order valence-electron chi connectivity index (χ0n) is 17.8. The van der Waals surface area contributed by atoms with E-state index in [-0.39, 0.29) is 17.8 Å². The fraction of sp³-hybridized carbons (Fsp3) is 0.217. The summed E-state index contributed by atoms with van der Waals surface area (Å²) in [4.78, 5) is 32.4. The highest BCUT2D eigenvalue weighted by molar-refractivity contribution is 7.15. The van der Waals surface area contributed by atoms with Crippen LogP contribution in [-0.4, -0.2) is 21.8 Å². The third-order valence-corrected chi connectivity index (χ3v) is 6.12. The van der Waals surface area contributed by atoms with Crippen molar-refractivity contribution in [3.63, 3.8) is 0 Å². The van der Waals surface area contributed by atoms with E-state index in [4.69, 9.17) is 4.42 Å². The molecule has 0 fully saturated rings. The minimum Gasteiger partial charge on any atom is -0.432 e. The standard InChI is InChI=1S/C12H14N2OS2.C11H10N2O2/c1-8(2)10-6-13-12(17-10)14-11(15)5-9-3-4-16-7-9;14-10(13-11-12-6-7-15-11)8-9-4-2-1-3-5-9/h3-4,6-8H,5H2,1-2H3,(H,13,14,15);1-7H,8H2,(H,12,13,14).